The summed E-state index contributed by atoms with van der Waals surface area (Å²) in [5, 5.41) is 9.11. The Balaban J connectivity index is 2.26. The molecule has 1 aliphatic rings. The largest absolute Gasteiger partial charge is 0.488 e. The fourth-order valence-corrected chi connectivity index (χ4v) is 1.33. The van der Waals surface area contributed by atoms with Crippen molar-refractivity contribution in [2.45, 2.75) is 38.9 Å². The molecule has 2 rings (SSSR count). The van der Waals surface area contributed by atoms with Crippen LogP contribution in [-0.4, -0.2) is 17.2 Å². The fourth-order valence-electron chi connectivity index (χ4n) is 1.33. The van der Waals surface area contributed by atoms with Gasteiger partial charge in [-0.05, 0) is 26.7 Å². The van der Waals surface area contributed by atoms with Gasteiger partial charge >= 0.3 is 0 Å². The summed E-state index contributed by atoms with van der Waals surface area (Å²) in [5.41, 5.74) is 0.440. The number of hydrogen-bond donors (Lipinski definition) is 0. The first-order valence-electron chi connectivity index (χ1n) is 5.42. The molecule has 1 fully saturated rings. The lowest BCUT2D eigenvalue weighted by atomic mass is 10.2. The van der Waals surface area contributed by atoms with Gasteiger partial charge < -0.3 is 9.47 Å². The molecule has 0 amide bonds. The second-order valence-electron chi connectivity index (χ2n) is 4.11. The lowest BCUT2D eigenvalue weighted by molar-refractivity contribution is 0.237. The van der Waals surface area contributed by atoms with Gasteiger partial charge in [-0.15, -0.1) is 0 Å². The molecule has 0 atom stereocenters. The van der Waals surface area contributed by atoms with Gasteiger partial charge in [0.2, 0.25) is 0 Å². The molecular formula is C12H14N2O2. The quantitative estimate of drug-likeness (QED) is 0.778. The van der Waals surface area contributed by atoms with Crippen molar-refractivity contribution in [1.29, 1.82) is 5.26 Å². The Hall–Kier alpha value is -1.76. The highest BCUT2D eigenvalue weighted by Gasteiger charge is 2.25. The van der Waals surface area contributed by atoms with E-state index >= 15 is 0 Å². The van der Waals surface area contributed by atoms with Crippen molar-refractivity contribution in [3.05, 3.63) is 18.0 Å². The summed E-state index contributed by atoms with van der Waals surface area (Å²) >= 11 is 0. The summed E-state index contributed by atoms with van der Waals surface area (Å²) in [6.45, 7) is 3.82. The zero-order valence-corrected chi connectivity index (χ0v) is 9.43. The average Bonchev–Trinajstić information content (AvgIpc) is 3.01. The third-order valence-corrected chi connectivity index (χ3v) is 2.17. The van der Waals surface area contributed by atoms with Crippen LogP contribution in [0.2, 0.25) is 0 Å². The van der Waals surface area contributed by atoms with Crippen LogP contribution in [0.1, 0.15) is 32.3 Å². The predicted molar refractivity (Wildman–Crippen MR) is 58.4 cm³/mol. The van der Waals surface area contributed by atoms with Crippen molar-refractivity contribution >= 4 is 0 Å². The first-order chi connectivity index (χ1) is 7.70. The van der Waals surface area contributed by atoms with E-state index in [0.29, 0.717) is 17.1 Å². The van der Waals surface area contributed by atoms with E-state index in [2.05, 4.69) is 11.1 Å². The normalized spacial score (nSPS) is 14.6. The van der Waals surface area contributed by atoms with Gasteiger partial charge in [-0.25, -0.2) is 0 Å². The van der Waals surface area contributed by atoms with E-state index < -0.39 is 0 Å². The van der Waals surface area contributed by atoms with Crippen molar-refractivity contribution in [2.24, 2.45) is 0 Å². The Morgan fingerprint density at radius 3 is 2.62 bits per heavy atom. The summed E-state index contributed by atoms with van der Waals surface area (Å²) in [6, 6.07) is 2.11. The minimum Gasteiger partial charge on any atom is -0.488 e. The van der Waals surface area contributed by atoms with Gasteiger partial charge in [-0.3, -0.25) is 4.98 Å². The van der Waals surface area contributed by atoms with Gasteiger partial charge in [-0.2, -0.15) is 5.26 Å². The van der Waals surface area contributed by atoms with E-state index in [0.717, 1.165) is 12.8 Å². The molecule has 0 unspecified atom stereocenters. The summed E-state index contributed by atoms with van der Waals surface area (Å²) in [4.78, 5) is 4.03. The molecule has 4 heteroatoms. The predicted octanol–water partition coefficient (Wildman–Crippen LogP) is 2.28. The van der Waals surface area contributed by atoms with E-state index in [4.69, 9.17) is 14.7 Å². The van der Waals surface area contributed by atoms with E-state index in [1.54, 1.807) is 12.4 Å². The lowest BCUT2D eigenvalue weighted by Gasteiger charge is -2.13. The molecule has 0 spiro atoms. The van der Waals surface area contributed by atoms with E-state index in [1.807, 2.05) is 13.8 Å². The molecule has 1 aliphatic carbocycles. The second kappa shape index (κ2) is 4.40. The average molecular weight is 218 g/mol. The first-order valence-corrected chi connectivity index (χ1v) is 5.42. The van der Waals surface area contributed by atoms with E-state index in [1.165, 1.54) is 0 Å². The molecule has 0 bridgehead atoms. The highest BCUT2D eigenvalue weighted by Crippen LogP contribution is 2.32. The Labute approximate surface area is 94.8 Å². The minimum absolute atomic E-state index is 0.0186. The van der Waals surface area contributed by atoms with E-state index in [9.17, 15) is 0 Å². The van der Waals surface area contributed by atoms with Crippen LogP contribution in [0, 0.1) is 11.3 Å². The molecule has 0 N–H and O–H groups in total. The van der Waals surface area contributed by atoms with Crippen LogP contribution in [0.3, 0.4) is 0 Å². The number of pyridine rings is 1. The van der Waals surface area contributed by atoms with Gasteiger partial charge in [0.25, 0.3) is 0 Å². The summed E-state index contributed by atoms with van der Waals surface area (Å²) in [5.74, 6) is 1.03. The second-order valence-corrected chi connectivity index (χ2v) is 4.11. The number of rotatable bonds is 4. The molecule has 84 valence electrons. The van der Waals surface area contributed by atoms with Gasteiger partial charge in [0, 0.05) is 0 Å². The van der Waals surface area contributed by atoms with Crippen LogP contribution in [-0.2, 0) is 0 Å². The van der Waals surface area contributed by atoms with Gasteiger partial charge in [0.1, 0.15) is 11.6 Å². The third-order valence-electron chi connectivity index (χ3n) is 2.17. The Bertz CT molecular complexity index is 397. The third kappa shape index (κ3) is 2.43. The summed E-state index contributed by atoms with van der Waals surface area (Å²) < 4.78 is 11.1. The monoisotopic (exact) mass is 218 g/mol. The molecular weight excluding hydrogens is 204 g/mol. The number of hydrogen-bond acceptors (Lipinski definition) is 4. The smallest absolute Gasteiger partial charge is 0.159 e. The highest BCUT2D eigenvalue weighted by atomic mass is 16.5. The van der Waals surface area contributed by atoms with Crippen molar-refractivity contribution in [3.8, 4) is 17.6 Å². The Kier molecular flexibility index (Phi) is 2.95. The molecule has 1 heterocycles. The molecule has 1 aromatic rings. The maximum absolute atomic E-state index is 9.11. The first kappa shape index (κ1) is 10.7. The molecule has 0 aromatic carbocycles. The molecule has 0 aliphatic heterocycles. The van der Waals surface area contributed by atoms with Crippen LogP contribution >= 0.6 is 0 Å². The van der Waals surface area contributed by atoms with Crippen molar-refractivity contribution in [2.75, 3.05) is 0 Å². The maximum Gasteiger partial charge on any atom is 0.159 e. The molecule has 16 heavy (non-hydrogen) atoms. The zero-order valence-electron chi connectivity index (χ0n) is 9.43. The highest BCUT2D eigenvalue weighted by molar-refractivity contribution is 5.50. The number of nitrogens with zero attached hydrogens (tertiary/aromatic N) is 2. The van der Waals surface area contributed by atoms with Gasteiger partial charge in [0.15, 0.2) is 11.5 Å². The van der Waals surface area contributed by atoms with Crippen LogP contribution in [0.5, 0.6) is 11.5 Å². The van der Waals surface area contributed by atoms with Gasteiger partial charge in [0.05, 0.1) is 24.6 Å². The van der Waals surface area contributed by atoms with Gasteiger partial charge in [-0.1, -0.05) is 0 Å². The Morgan fingerprint density at radius 1 is 1.38 bits per heavy atom. The van der Waals surface area contributed by atoms with Crippen LogP contribution in [0.25, 0.3) is 0 Å². The molecule has 0 radical (unpaired) electrons. The zero-order chi connectivity index (χ0) is 11.5. The number of ether oxygens (including phenoxy) is 2. The molecule has 1 aromatic heterocycles. The van der Waals surface area contributed by atoms with Crippen molar-refractivity contribution in [1.82, 2.24) is 4.98 Å². The van der Waals surface area contributed by atoms with Crippen molar-refractivity contribution in [3.63, 3.8) is 0 Å². The Morgan fingerprint density at radius 2 is 2.06 bits per heavy atom. The molecule has 4 nitrogen and oxygen atoms in total. The summed E-state index contributed by atoms with van der Waals surface area (Å²) in [7, 11) is 0. The van der Waals surface area contributed by atoms with Crippen molar-refractivity contribution < 1.29 is 9.47 Å². The van der Waals surface area contributed by atoms with Crippen LogP contribution < -0.4 is 9.47 Å². The van der Waals surface area contributed by atoms with E-state index in [-0.39, 0.29) is 12.2 Å². The van der Waals surface area contributed by atoms with Crippen LogP contribution in [0.4, 0.5) is 0 Å². The molecule has 0 saturated heterocycles. The fraction of sp³-hybridized carbons (Fsp3) is 0.500. The summed E-state index contributed by atoms with van der Waals surface area (Å²) in [6.07, 6.45) is 5.51. The standard InChI is InChI=1S/C12H14N2O2/c1-8(2)15-11-6-14-7-12(10(11)5-13)16-9-3-4-9/h6-9H,3-4H2,1-2H3. The SMILES string of the molecule is CC(C)Oc1cncc(OC2CC2)c1C#N. The topological polar surface area (TPSA) is 55.1 Å². The number of aromatic nitrogens is 1. The van der Waals surface area contributed by atoms with Crippen LogP contribution in [0.15, 0.2) is 12.4 Å². The maximum atomic E-state index is 9.11. The minimum atomic E-state index is 0.0186. The number of nitriles is 1. The lowest BCUT2D eigenvalue weighted by Crippen LogP contribution is -2.08. The molecule has 1 saturated carbocycles.